The van der Waals surface area contributed by atoms with E-state index < -0.39 is 0 Å². The van der Waals surface area contributed by atoms with E-state index in [-0.39, 0.29) is 6.29 Å². The van der Waals surface area contributed by atoms with Crippen molar-refractivity contribution in [1.29, 1.82) is 0 Å². The standard InChI is InChI=1S/C19H21NO2/c1-3-9-17-15(7-1)16-8-2-4-10-18(16)20(17)12-14-22-19-11-5-6-13-21-19/h1-4,7-10,19H,5-6,11-14H2. The Bertz CT molecular complexity index is 718. The third-order valence-corrected chi connectivity index (χ3v) is 4.44. The van der Waals surface area contributed by atoms with Gasteiger partial charge in [0.25, 0.3) is 0 Å². The van der Waals surface area contributed by atoms with Crippen LogP contribution in [0.25, 0.3) is 21.8 Å². The Morgan fingerprint density at radius 2 is 1.64 bits per heavy atom. The molecular formula is C19H21NO2. The maximum absolute atomic E-state index is 5.91. The summed E-state index contributed by atoms with van der Waals surface area (Å²) >= 11 is 0. The Balaban J connectivity index is 1.59. The first-order chi connectivity index (χ1) is 10.9. The van der Waals surface area contributed by atoms with Gasteiger partial charge in [0, 0.05) is 35.0 Å². The third kappa shape index (κ3) is 2.51. The van der Waals surface area contributed by atoms with Gasteiger partial charge in [-0.1, -0.05) is 36.4 Å². The molecule has 0 N–H and O–H groups in total. The number of aromatic nitrogens is 1. The number of fused-ring (bicyclic) bond motifs is 3. The van der Waals surface area contributed by atoms with Gasteiger partial charge in [0.1, 0.15) is 0 Å². The van der Waals surface area contributed by atoms with Gasteiger partial charge in [0.2, 0.25) is 0 Å². The lowest BCUT2D eigenvalue weighted by atomic mass is 10.2. The van der Waals surface area contributed by atoms with E-state index in [1.807, 2.05) is 0 Å². The van der Waals surface area contributed by atoms with Gasteiger partial charge in [-0.15, -0.1) is 0 Å². The maximum atomic E-state index is 5.91. The molecule has 1 aliphatic rings. The lowest BCUT2D eigenvalue weighted by Crippen LogP contribution is -2.23. The summed E-state index contributed by atoms with van der Waals surface area (Å²) in [4.78, 5) is 0. The average Bonchev–Trinajstić information content (AvgIpc) is 2.91. The Labute approximate surface area is 130 Å². The van der Waals surface area contributed by atoms with E-state index in [9.17, 15) is 0 Å². The van der Waals surface area contributed by atoms with Crippen molar-refractivity contribution in [2.45, 2.75) is 32.1 Å². The van der Waals surface area contributed by atoms with Crippen molar-refractivity contribution in [3.63, 3.8) is 0 Å². The van der Waals surface area contributed by atoms with Crippen molar-refractivity contribution >= 4 is 21.8 Å². The second-order valence-electron chi connectivity index (χ2n) is 5.85. The second-order valence-corrected chi connectivity index (χ2v) is 5.85. The molecule has 114 valence electrons. The predicted molar refractivity (Wildman–Crippen MR) is 89.0 cm³/mol. The molecule has 0 bridgehead atoms. The molecule has 3 heteroatoms. The van der Waals surface area contributed by atoms with Crippen molar-refractivity contribution in [1.82, 2.24) is 4.57 Å². The van der Waals surface area contributed by atoms with Crippen LogP contribution in [0.4, 0.5) is 0 Å². The zero-order valence-electron chi connectivity index (χ0n) is 12.7. The van der Waals surface area contributed by atoms with E-state index in [1.54, 1.807) is 0 Å². The number of benzene rings is 2. The molecule has 0 spiro atoms. The van der Waals surface area contributed by atoms with Crippen LogP contribution in [0.5, 0.6) is 0 Å². The molecule has 0 saturated carbocycles. The minimum Gasteiger partial charge on any atom is -0.353 e. The van der Waals surface area contributed by atoms with Gasteiger partial charge >= 0.3 is 0 Å². The summed E-state index contributed by atoms with van der Waals surface area (Å²) < 4.78 is 13.9. The molecule has 0 amide bonds. The van der Waals surface area contributed by atoms with E-state index in [1.165, 1.54) is 28.2 Å². The fraction of sp³-hybridized carbons (Fsp3) is 0.368. The fourth-order valence-electron chi connectivity index (χ4n) is 3.36. The van der Waals surface area contributed by atoms with Crippen LogP contribution >= 0.6 is 0 Å². The molecule has 1 aliphatic heterocycles. The van der Waals surface area contributed by atoms with Crippen LogP contribution in [0.2, 0.25) is 0 Å². The van der Waals surface area contributed by atoms with E-state index in [0.717, 1.165) is 26.0 Å². The number of rotatable bonds is 4. The number of hydrogen-bond donors (Lipinski definition) is 0. The summed E-state index contributed by atoms with van der Waals surface area (Å²) in [5.74, 6) is 0. The van der Waals surface area contributed by atoms with Gasteiger partial charge in [0.05, 0.1) is 6.61 Å². The highest BCUT2D eigenvalue weighted by Gasteiger charge is 2.14. The Morgan fingerprint density at radius 1 is 0.955 bits per heavy atom. The Kier molecular flexibility index (Phi) is 3.83. The normalized spacial score (nSPS) is 19.0. The molecule has 3 aromatic rings. The maximum Gasteiger partial charge on any atom is 0.157 e. The van der Waals surface area contributed by atoms with Gasteiger partial charge in [-0.25, -0.2) is 0 Å². The predicted octanol–water partition coefficient (Wildman–Crippen LogP) is 4.34. The largest absolute Gasteiger partial charge is 0.353 e. The molecule has 2 aromatic carbocycles. The summed E-state index contributed by atoms with van der Waals surface area (Å²) in [7, 11) is 0. The van der Waals surface area contributed by atoms with Crippen LogP contribution in [-0.2, 0) is 16.0 Å². The molecule has 0 aliphatic carbocycles. The topological polar surface area (TPSA) is 23.4 Å². The summed E-state index contributed by atoms with van der Waals surface area (Å²) in [6, 6.07) is 17.2. The van der Waals surface area contributed by atoms with Gasteiger partial charge in [-0.3, -0.25) is 0 Å². The molecule has 0 radical (unpaired) electrons. The molecule has 1 atom stereocenters. The van der Waals surface area contributed by atoms with Crippen LogP contribution in [0, 0.1) is 0 Å². The SMILES string of the molecule is c1ccc2c(c1)c1ccccc1n2CCOC1CCCCO1. The van der Waals surface area contributed by atoms with Crippen LogP contribution in [0.15, 0.2) is 48.5 Å². The van der Waals surface area contributed by atoms with E-state index >= 15 is 0 Å². The molecule has 3 nitrogen and oxygen atoms in total. The minimum absolute atomic E-state index is 0.0122. The zero-order valence-corrected chi connectivity index (χ0v) is 12.7. The lowest BCUT2D eigenvalue weighted by molar-refractivity contribution is -0.163. The summed E-state index contributed by atoms with van der Waals surface area (Å²) in [6.45, 7) is 2.38. The Hall–Kier alpha value is -1.84. The summed E-state index contributed by atoms with van der Waals surface area (Å²) in [6.07, 6.45) is 3.38. The van der Waals surface area contributed by atoms with Gasteiger partial charge in [-0.05, 0) is 31.4 Å². The first-order valence-electron chi connectivity index (χ1n) is 8.13. The zero-order chi connectivity index (χ0) is 14.8. The van der Waals surface area contributed by atoms with Crippen LogP contribution in [0.3, 0.4) is 0 Å². The van der Waals surface area contributed by atoms with Crippen LogP contribution in [0.1, 0.15) is 19.3 Å². The van der Waals surface area contributed by atoms with Crippen molar-refractivity contribution in [3.05, 3.63) is 48.5 Å². The van der Waals surface area contributed by atoms with Gasteiger partial charge in [0.15, 0.2) is 6.29 Å². The van der Waals surface area contributed by atoms with Crippen molar-refractivity contribution in [3.8, 4) is 0 Å². The van der Waals surface area contributed by atoms with E-state index in [2.05, 4.69) is 53.1 Å². The Morgan fingerprint density at radius 3 is 2.27 bits per heavy atom. The summed E-state index contributed by atoms with van der Waals surface area (Å²) in [5.41, 5.74) is 2.55. The summed E-state index contributed by atoms with van der Waals surface area (Å²) in [5, 5.41) is 2.62. The molecule has 2 heterocycles. The third-order valence-electron chi connectivity index (χ3n) is 4.44. The van der Waals surface area contributed by atoms with Crippen LogP contribution < -0.4 is 0 Å². The fourth-order valence-corrected chi connectivity index (χ4v) is 3.36. The first kappa shape index (κ1) is 13.8. The second kappa shape index (κ2) is 6.11. The number of hydrogen-bond acceptors (Lipinski definition) is 2. The molecule has 1 aromatic heterocycles. The quantitative estimate of drug-likeness (QED) is 0.715. The smallest absolute Gasteiger partial charge is 0.157 e. The molecule has 22 heavy (non-hydrogen) atoms. The average molecular weight is 295 g/mol. The van der Waals surface area contributed by atoms with E-state index in [4.69, 9.17) is 9.47 Å². The van der Waals surface area contributed by atoms with Crippen molar-refractivity contribution in [2.75, 3.05) is 13.2 Å². The van der Waals surface area contributed by atoms with Gasteiger partial charge in [-0.2, -0.15) is 0 Å². The van der Waals surface area contributed by atoms with Crippen molar-refractivity contribution < 1.29 is 9.47 Å². The monoisotopic (exact) mass is 295 g/mol. The number of nitrogens with zero attached hydrogens (tertiary/aromatic N) is 1. The molecule has 1 fully saturated rings. The first-order valence-corrected chi connectivity index (χ1v) is 8.13. The molecule has 1 saturated heterocycles. The minimum atomic E-state index is -0.0122. The van der Waals surface area contributed by atoms with Gasteiger partial charge < -0.3 is 14.0 Å². The van der Waals surface area contributed by atoms with Crippen molar-refractivity contribution in [2.24, 2.45) is 0 Å². The highest BCUT2D eigenvalue weighted by molar-refractivity contribution is 6.07. The number of ether oxygens (including phenoxy) is 2. The number of para-hydroxylation sites is 2. The highest BCUT2D eigenvalue weighted by atomic mass is 16.7. The highest BCUT2D eigenvalue weighted by Crippen LogP contribution is 2.28. The van der Waals surface area contributed by atoms with E-state index in [0.29, 0.717) is 6.61 Å². The van der Waals surface area contributed by atoms with Crippen LogP contribution in [-0.4, -0.2) is 24.1 Å². The molecule has 1 unspecified atom stereocenters. The lowest BCUT2D eigenvalue weighted by Gasteiger charge is -2.22. The molecular weight excluding hydrogens is 274 g/mol. The molecule has 4 rings (SSSR count).